The summed E-state index contributed by atoms with van der Waals surface area (Å²) < 4.78 is 1.36. The number of nitrogens with one attached hydrogen (secondary N) is 1. The molecule has 0 spiro atoms. The number of rotatable bonds is 1. The summed E-state index contributed by atoms with van der Waals surface area (Å²) in [6.45, 7) is 0. The molecular weight excluding hydrogens is 418 g/mol. The third kappa shape index (κ3) is 2.68. The highest BCUT2D eigenvalue weighted by Gasteiger charge is 2.22. The molecule has 1 aromatic rings. The first-order valence-electron chi connectivity index (χ1n) is 4.43. The maximum absolute atomic E-state index is 11.1. The average Bonchev–Trinajstić information content (AvgIpc) is 2.20. The van der Waals surface area contributed by atoms with E-state index in [1.807, 2.05) is 24.3 Å². The highest BCUT2D eigenvalue weighted by atomic mass is 127. The Labute approximate surface area is 115 Å². The van der Waals surface area contributed by atoms with Crippen LogP contribution in [0, 0.1) is 3.57 Å². The lowest BCUT2D eigenvalue weighted by Gasteiger charge is -2.17. The lowest BCUT2D eigenvalue weighted by atomic mass is 10.0. The topological polar surface area (TPSA) is 41.5 Å². The highest BCUT2D eigenvalue weighted by molar-refractivity contribution is 14.1. The van der Waals surface area contributed by atoms with Gasteiger partial charge >= 0.3 is 0 Å². The van der Waals surface area contributed by atoms with Crippen molar-refractivity contribution in [2.45, 2.75) is 10.3 Å². The Balaban J connectivity index is 2.31. The van der Waals surface area contributed by atoms with Crippen molar-refractivity contribution < 1.29 is 4.79 Å². The van der Waals surface area contributed by atoms with E-state index in [0.29, 0.717) is 6.42 Å². The highest BCUT2D eigenvalue weighted by Crippen LogP contribution is 2.18. The molecule has 3 nitrogen and oxygen atoms in total. The molecule has 1 aromatic carbocycles. The van der Waals surface area contributed by atoms with E-state index in [1.54, 1.807) is 0 Å². The molecule has 2 rings (SSSR count). The SMILES string of the molecule is O=C1CC(I)C(c2ccc(I)cc2)=NN1. The molecule has 15 heavy (non-hydrogen) atoms. The van der Waals surface area contributed by atoms with Gasteiger partial charge in [0.05, 0.1) is 9.64 Å². The number of hydrogen-bond donors (Lipinski definition) is 1. The Hall–Kier alpha value is -0.180. The number of hydrogen-bond acceptors (Lipinski definition) is 2. The fourth-order valence-electron chi connectivity index (χ4n) is 1.36. The van der Waals surface area contributed by atoms with Crippen molar-refractivity contribution in [3.63, 3.8) is 0 Å². The molecule has 1 aliphatic rings. The van der Waals surface area contributed by atoms with Crippen LogP contribution in [-0.2, 0) is 4.79 Å². The van der Waals surface area contributed by atoms with Crippen LogP contribution in [0.3, 0.4) is 0 Å². The molecule has 5 heteroatoms. The molecular formula is C10H8I2N2O. The van der Waals surface area contributed by atoms with Gasteiger partial charge < -0.3 is 0 Å². The number of amides is 1. The van der Waals surface area contributed by atoms with Crippen LogP contribution in [-0.4, -0.2) is 15.5 Å². The van der Waals surface area contributed by atoms with Crippen molar-refractivity contribution >= 4 is 56.8 Å². The predicted molar refractivity (Wildman–Crippen MR) is 76.3 cm³/mol. The minimum atomic E-state index is -0.0105. The van der Waals surface area contributed by atoms with E-state index in [-0.39, 0.29) is 9.83 Å². The molecule has 0 saturated heterocycles. The molecule has 1 atom stereocenters. The van der Waals surface area contributed by atoms with Crippen LogP contribution < -0.4 is 5.43 Å². The van der Waals surface area contributed by atoms with Crippen molar-refractivity contribution in [3.8, 4) is 0 Å². The zero-order valence-corrected chi connectivity index (χ0v) is 12.0. The van der Waals surface area contributed by atoms with Crippen LogP contribution >= 0.6 is 45.2 Å². The van der Waals surface area contributed by atoms with Crippen molar-refractivity contribution in [2.24, 2.45) is 5.10 Å². The van der Waals surface area contributed by atoms with Gasteiger partial charge in [-0.2, -0.15) is 5.10 Å². The zero-order chi connectivity index (χ0) is 10.8. The zero-order valence-electron chi connectivity index (χ0n) is 7.71. The van der Waals surface area contributed by atoms with E-state index in [0.717, 1.165) is 11.3 Å². The number of carbonyl (C=O) groups excluding carboxylic acids is 1. The molecule has 0 aliphatic carbocycles. The van der Waals surface area contributed by atoms with Crippen LogP contribution in [0.15, 0.2) is 29.4 Å². The second kappa shape index (κ2) is 4.77. The van der Waals surface area contributed by atoms with E-state index in [2.05, 4.69) is 55.7 Å². The summed E-state index contributed by atoms with van der Waals surface area (Å²) in [5, 5.41) is 4.10. The normalized spacial score (nSPS) is 20.8. The lowest BCUT2D eigenvalue weighted by molar-refractivity contribution is -0.121. The Morgan fingerprint density at radius 3 is 2.60 bits per heavy atom. The Bertz CT molecular complexity index is 414. The van der Waals surface area contributed by atoms with Gasteiger partial charge in [0.1, 0.15) is 0 Å². The van der Waals surface area contributed by atoms with Gasteiger partial charge in [-0.05, 0) is 40.3 Å². The number of alkyl halides is 1. The van der Waals surface area contributed by atoms with Crippen molar-refractivity contribution in [3.05, 3.63) is 33.4 Å². The van der Waals surface area contributed by atoms with Gasteiger partial charge in [-0.25, -0.2) is 5.43 Å². The lowest BCUT2D eigenvalue weighted by Crippen LogP contribution is -2.33. The molecule has 1 heterocycles. The molecule has 1 amide bonds. The van der Waals surface area contributed by atoms with Crippen LogP contribution in [0.25, 0.3) is 0 Å². The van der Waals surface area contributed by atoms with E-state index >= 15 is 0 Å². The quantitative estimate of drug-likeness (QED) is 0.544. The first-order chi connectivity index (χ1) is 7.16. The van der Waals surface area contributed by atoms with Gasteiger partial charge in [0.15, 0.2) is 0 Å². The van der Waals surface area contributed by atoms with Gasteiger partial charge in [0, 0.05) is 9.99 Å². The fraction of sp³-hybridized carbons (Fsp3) is 0.200. The molecule has 0 bridgehead atoms. The number of nitrogens with zero attached hydrogens (tertiary/aromatic N) is 1. The largest absolute Gasteiger partial charge is 0.273 e. The summed E-state index contributed by atoms with van der Waals surface area (Å²) in [7, 11) is 0. The van der Waals surface area contributed by atoms with Crippen LogP contribution in [0.5, 0.6) is 0 Å². The summed E-state index contributed by atoms with van der Waals surface area (Å²) >= 11 is 4.52. The van der Waals surface area contributed by atoms with Gasteiger partial charge in [0.25, 0.3) is 0 Å². The maximum Gasteiger partial charge on any atom is 0.241 e. The smallest absolute Gasteiger partial charge is 0.241 e. The van der Waals surface area contributed by atoms with Crippen LogP contribution in [0.4, 0.5) is 0 Å². The Morgan fingerprint density at radius 2 is 2.00 bits per heavy atom. The third-order valence-corrected chi connectivity index (χ3v) is 3.85. The van der Waals surface area contributed by atoms with Gasteiger partial charge in [-0.3, -0.25) is 4.79 Å². The van der Waals surface area contributed by atoms with Gasteiger partial charge in [0.2, 0.25) is 5.91 Å². The molecule has 1 unspecified atom stereocenters. The molecule has 1 N–H and O–H groups in total. The predicted octanol–water partition coefficient (Wildman–Crippen LogP) is 2.32. The molecule has 0 aromatic heterocycles. The second-order valence-electron chi connectivity index (χ2n) is 3.21. The molecule has 0 saturated carbocycles. The second-order valence-corrected chi connectivity index (χ2v) is 5.96. The van der Waals surface area contributed by atoms with Crippen LogP contribution in [0.2, 0.25) is 0 Å². The van der Waals surface area contributed by atoms with E-state index in [9.17, 15) is 4.79 Å². The summed E-state index contributed by atoms with van der Waals surface area (Å²) in [6, 6.07) is 8.14. The van der Waals surface area contributed by atoms with E-state index < -0.39 is 0 Å². The Morgan fingerprint density at radius 1 is 1.33 bits per heavy atom. The van der Waals surface area contributed by atoms with E-state index in [4.69, 9.17) is 0 Å². The van der Waals surface area contributed by atoms with Crippen molar-refractivity contribution in [1.29, 1.82) is 0 Å². The minimum absolute atomic E-state index is 0.0105. The fourth-order valence-corrected chi connectivity index (χ4v) is 2.62. The number of carbonyl (C=O) groups is 1. The monoisotopic (exact) mass is 426 g/mol. The molecule has 0 radical (unpaired) electrons. The maximum atomic E-state index is 11.1. The number of benzene rings is 1. The first-order valence-corrected chi connectivity index (χ1v) is 6.75. The number of halogens is 2. The molecule has 78 valence electrons. The first kappa shape index (κ1) is 11.3. The standard InChI is InChI=1S/C10H8I2N2O/c11-7-3-1-6(2-4-7)10-8(12)5-9(15)13-14-10/h1-4,8H,5H2,(H,13,15). The molecule has 0 fully saturated rings. The summed E-state index contributed by atoms with van der Waals surface area (Å²) in [6.07, 6.45) is 0.505. The van der Waals surface area contributed by atoms with Crippen molar-refractivity contribution in [1.82, 2.24) is 5.43 Å². The van der Waals surface area contributed by atoms with E-state index in [1.165, 1.54) is 3.57 Å². The average molecular weight is 426 g/mol. The summed E-state index contributed by atoms with van der Waals surface area (Å²) in [5.74, 6) is -0.0105. The summed E-state index contributed by atoms with van der Waals surface area (Å²) in [5.41, 5.74) is 4.55. The minimum Gasteiger partial charge on any atom is -0.273 e. The van der Waals surface area contributed by atoms with Gasteiger partial charge in [-0.1, -0.05) is 34.7 Å². The summed E-state index contributed by atoms with van der Waals surface area (Å²) in [4.78, 5) is 11.1. The third-order valence-electron chi connectivity index (χ3n) is 2.10. The van der Waals surface area contributed by atoms with Crippen molar-refractivity contribution in [2.75, 3.05) is 0 Å². The number of hydrazone groups is 1. The Kier molecular flexibility index (Phi) is 3.60. The molecule has 1 aliphatic heterocycles. The van der Waals surface area contributed by atoms with Gasteiger partial charge in [-0.15, -0.1) is 0 Å². The van der Waals surface area contributed by atoms with Crippen LogP contribution in [0.1, 0.15) is 12.0 Å².